The zero-order valence-corrected chi connectivity index (χ0v) is 19.9. The number of rotatable bonds is 10. The second kappa shape index (κ2) is 10.2. The topological polar surface area (TPSA) is 130 Å². The summed E-state index contributed by atoms with van der Waals surface area (Å²) in [6.07, 6.45) is 3.59. The fraction of sp³-hybridized carbons (Fsp3) is 0.800. The van der Waals surface area contributed by atoms with Crippen LogP contribution in [0.3, 0.4) is 0 Å². The molecular weight excluding hydrogens is 428 g/mol. The van der Waals surface area contributed by atoms with Crippen LogP contribution in [0, 0.1) is 22.7 Å². The number of unbranched alkanes of at least 4 members (excludes halogenated alkanes) is 5. The average Bonchev–Trinajstić information content (AvgIpc) is 3.02. The lowest BCUT2D eigenvalue weighted by Gasteiger charge is -2.57. The van der Waals surface area contributed by atoms with Crippen LogP contribution in [0.25, 0.3) is 0 Å². The van der Waals surface area contributed by atoms with Gasteiger partial charge in [-0.25, -0.2) is 4.79 Å². The van der Waals surface area contributed by atoms with Crippen LogP contribution in [0.4, 0.5) is 0 Å². The van der Waals surface area contributed by atoms with Crippen LogP contribution < -0.4 is 0 Å². The van der Waals surface area contributed by atoms with Crippen LogP contribution in [0.5, 0.6) is 0 Å². The summed E-state index contributed by atoms with van der Waals surface area (Å²) in [4.78, 5) is 37.8. The predicted molar refractivity (Wildman–Crippen MR) is 119 cm³/mol. The Morgan fingerprint density at radius 2 is 1.91 bits per heavy atom. The first-order valence-electron chi connectivity index (χ1n) is 12.2. The lowest BCUT2D eigenvalue weighted by Crippen LogP contribution is -2.65. The van der Waals surface area contributed by atoms with Crippen molar-refractivity contribution in [3.63, 3.8) is 0 Å². The third kappa shape index (κ3) is 4.62. The molecule has 186 valence electrons. The number of esters is 2. The van der Waals surface area contributed by atoms with Gasteiger partial charge in [-0.1, -0.05) is 65.4 Å². The Bertz CT molecular complexity index is 774. The number of carbonyl (C=O) groups excluding carboxylic acids is 3. The van der Waals surface area contributed by atoms with Crippen molar-refractivity contribution in [3.05, 3.63) is 11.6 Å². The summed E-state index contributed by atoms with van der Waals surface area (Å²) in [5, 5.41) is 32.0. The summed E-state index contributed by atoms with van der Waals surface area (Å²) in [5.74, 6) is -3.17. The lowest BCUT2D eigenvalue weighted by atomic mass is 9.46. The van der Waals surface area contributed by atoms with E-state index in [9.17, 15) is 29.7 Å². The summed E-state index contributed by atoms with van der Waals surface area (Å²) < 4.78 is 10.8. The molecule has 0 aromatic rings. The number of ether oxygens (including phenoxy) is 2. The van der Waals surface area contributed by atoms with Crippen LogP contribution in [0.15, 0.2) is 11.6 Å². The van der Waals surface area contributed by atoms with E-state index in [1.54, 1.807) is 6.08 Å². The van der Waals surface area contributed by atoms with Crippen molar-refractivity contribution in [2.24, 2.45) is 22.7 Å². The maximum absolute atomic E-state index is 13.2. The molecule has 0 aromatic heterocycles. The van der Waals surface area contributed by atoms with Gasteiger partial charge in [0.2, 0.25) is 6.29 Å². The molecule has 8 nitrogen and oxygen atoms in total. The molecule has 0 unspecified atom stereocenters. The molecule has 7 atom stereocenters. The van der Waals surface area contributed by atoms with E-state index in [2.05, 4.69) is 6.92 Å². The Morgan fingerprint density at radius 1 is 1.24 bits per heavy atom. The van der Waals surface area contributed by atoms with E-state index in [1.165, 1.54) is 0 Å². The minimum atomic E-state index is -1.60. The highest BCUT2D eigenvalue weighted by molar-refractivity contribution is 5.87. The number of allylic oxidation sites excluding steroid dienone is 1. The second-order valence-electron chi connectivity index (χ2n) is 10.5. The van der Waals surface area contributed by atoms with Gasteiger partial charge < -0.3 is 24.8 Å². The lowest BCUT2D eigenvalue weighted by molar-refractivity contribution is -0.215. The van der Waals surface area contributed by atoms with E-state index in [0.29, 0.717) is 19.1 Å². The van der Waals surface area contributed by atoms with Gasteiger partial charge in [0, 0.05) is 0 Å². The number of carbonyl (C=O) groups is 3. The van der Waals surface area contributed by atoms with Crippen molar-refractivity contribution in [1.29, 1.82) is 0 Å². The van der Waals surface area contributed by atoms with Gasteiger partial charge in [0.25, 0.3) is 0 Å². The molecule has 1 heterocycles. The molecule has 8 heteroatoms. The normalized spacial score (nSPS) is 35.6. The highest BCUT2D eigenvalue weighted by atomic mass is 16.6. The highest BCUT2D eigenvalue weighted by Gasteiger charge is 2.74. The Morgan fingerprint density at radius 3 is 2.58 bits per heavy atom. The summed E-state index contributed by atoms with van der Waals surface area (Å²) in [7, 11) is 0. The first kappa shape index (κ1) is 25.8. The quantitative estimate of drug-likeness (QED) is 0.254. The van der Waals surface area contributed by atoms with Crippen molar-refractivity contribution in [2.75, 3.05) is 0 Å². The molecule has 3 N–H and O–H groups in total. The van der Waals surface area contributed by atoms with E-state index in [4.69, 9.17) is 9.47 Å². The second-order valence-corrected chi connectivity index (χ2v) is 10.5. The van der Waals surface area contributed by atoms with Crippen molar-refractivity contribution in [3.8, 4) is 0 Å². The first-order valence-corrected chi connectivity index (χ1v) is 12.2. The Hall–Kier alpha value is -1.77. The molecule has 1 saturated heterocycles. The maximum Gasteiger partial charge on any atom is 0.335 e. The van der Waals surface area contributed by atoms with Crippen LogP contribution in [-0.2, 0) is 23.9 Å². The zero-order valence-electron chi connectivity index (χ0n) is 19.9. The third-order valence-corrected chi connectivity index (χ3v) is 7.89. The molecule has 1 spiro atoms. The number of aliphatic hydroxyl groups is 3. The van der Waals surface area contributed by atoms with Gasteiger partial charge in [-0.2, -0.15) is 0 Å². The van der Waals surface area contributed by atoms with Crippen molar-refractivity contribution in [1.82, 2.24) is 0 Å². The number of hydrogen-bond donors (Lipinski definition) is 3. The third-order valence-electron chi connectivity index (χ3n) is 7.89. The van der Waals surface area contributed by atoms with E-state index in [0.717, 1.165) is 32.1 Å². The van der Waals surface area contributed by atoms with E-state index < -0.39 is 59.2 Å². The fourth-order valence-corrected chi connectivity index (χ4v) is 6.32. The average molecular weight is 467 g/mol. The molecule has 2 fully saturated rings. The van der Waals surface area contributed by atoms with Crippen molar-refractivity contribution >= 4 is 18.2 Å². The van der Waals surface area contributed by atoms with Crippen LogP contribution >= 0.6 is 0 Å². The molecule has 3 aliphatic rings. The summed E-state index contributed by atoms with van der Waals surface area (Å²) in [6, 6.07) is 0. The number of hydrogen-bond acceptors (Lipinski definition) is 8. The van der Waals surface area contributed by atoms with E-state index >= 15 is 0 Å². The van der Waals surface area contributed by atoms with E-state index in [1.807, 2.05) is 13.8 Å². The zero-order chi connectivity index (χ0) is 24.4. The van der Waals surface area contributed by atoms with Gasteiger partial charge in [0.1, 0.15) is 17.8 Å². The fourth-order valence-electron chi connectivity index (χ4n) is 6.32. The maximum atomic E-state index is 13.2. The van der Waals surface area contributed by atoms with Gasteiger partial charge in [-0.05, 0) is 36.2 Å². The van der Waals surface area contributed by atoms with Gasteiger partial charge in [-0.15, -0.1) is 0 Å². The highest BCUT2D eigenvalue weighted by Crippen LogP contribution is 2.64. The SMILES string of the molecule is CCCCCCCC[C@@H](O)C(=O)O[C@H]1[C@@H](O)CC(C)(C)[C@@H]2CC=C(C=O)[C@@H]3[C@@H](O)OC(=O)[C@]312. The molecule has 0 amide bonds. The number of cyclic esters (lactones) is 1. The number of aliphatic hydroxyl groups excluding tert-OH is 3. The molecule has 0 radical (unpaired) electrons. The molecule has 0 bridgehead atoms. The molecule has 33 heavy (non-hydrogen) atoms. The minimum Gasteiger partial charge on any atom is -0.456 e. The Kier molecular flexibility index (Phi) is 8.02. The van der Waals surface area contributed by atoms with Gasteiger partial charge in [0.15, 0.2) is 6.10 Å². The standard InChI is InChI=1S/C25H38O8/c1-4-5-6-7-8-9-10-16(27)21(29)32-20-17(28)13-24(2,3)18-12-11-15(14-26)19-22(30)33-23(31)25(18,19)20/h11,14,16-20,22,27-28,30H,4-10,12-13H2,1-3H3/t16-,17+,18+,19-,20+,22+,25-/m1/s1. The summed E-state index contributed by atoms with van der Waals surface area (Å²) in [6.45, 7) is 5.94. The van der Waals surface area contributed by atoms with Gasteiger partial charge in [-0.3, -0.25) is 9.59 Å². The molecule has 1 saturated carbocycles. The summed E-state index contributed by atoms with van der Waals surface area (Å²) in [5.41, 5.74) is -1.95. The van der Waals surface area contributed by atoms with Crippen LogP contribution in [0.2, 0.25) is 0 Å². The van der Waals surface area contributed by atoms with Crippen molar-refractivity contribution in [2.45, 2.75) is 103 Å². The first-order chi connectivity index (χ1) is 15.6. The predicted octanol–water partition coefficient (Wildman–Crippen LogP) is 2.42. The number of aldehydes is 1. The van der Waals surface area contributed by atoms with E-state index in [-0.39, 0.29) is 18.4 Å². The Balaban J connectivity index is 1.82. The summed E-state index contributed by atoms with van der Waals surface area (Å²) >= 11 is 0. The smallest absolute Gasteiger partial charge is 0.335 e. The van der Waals surface area contributed by atoms with Gasteiger partial charge in [0.05, 0.1) is 12.0 Å². The van der Waals surface area contributed by atoms with Crippen LogP contribution in [0.1, 0.15) is 78.6 Å². The Labute approximate surface area is 195 Å². The molecule has 2 aliphatic carbocycles. The molecular formula is C25H38O8. The monoisotopic (exact) mass is 466 g/mol. The van der Waals surface area contributed by atoms with Crippen LogP contribution in [-0.4, -0.2) is 58.1 Å². The minimum absolute atomic E-state index is 0.197. The van der Waals surface area contributed by atoms with Crippen molar-refractivity contribution < 1.29 is 39.2 Å². The largest absolute Gasteiger partial charge is 0.456 e. The molecule has 1 aliphatic heterocycles. The molecule has 3 rings (SSSR count). The van der Waals surface area contributed by atoms with Gasteiger partial charge >= 0.3 is 11.9 Å². The molecule has 0 aromatic carbocycles.